The molecule has 0 radical (unpaired) electrons. The van der Waals surface area contributed by atoms with Crippen LogP contribution >= 0.6 is 11.6 Å². The fourth-order valence-corrected chi connectivity index (χ4v) is 3.07. The van der Waals surface area contributed by atoms with E-state index >= 15 is 0 Å². The van der Waals surface area contributed by atoms with Crippen LogP contribution in [0.2, 0.25) is 0 Å². The molecule has 0 aromatic carbocycles. The molecule has 1 aliphatic carbocycles. The summed E-state index contributed by atoms with van der Waals surface area (Å²) in [7, 11) is 1.42. The van der Waals surface area contributed by atoms with Crippen LogP contribution in [0.1, 0.15) is 32.6 Å². The summed E-state index contributed by atoms with van der Waals surface area (Å²) < 4.78 is 0. The Balaban J connectivity index is 2.44. The molecule has 0 aromatic heterocycles. The summed E-state index contributed by atoms with van der Waals surface area (Å²) in [4.78, 5) is 39.3. The van der Waals surface area contributed by atoms with Crippen molar-refractivity contribution in [2.75, 3.05) is 19.5 Å². The molecule has 20 heavy (non-hydrogen) atoms. The number of hydrogen-bond acceptors (Lipinski definition) is 3. The summed E-state index contributed by atoms with van der Waals surface area (Å²) in [6.07, 6.45) is 5.61. The number of imide groups is 2. The number of rotatable bonds is 3. The van der Waals surface area contributed by atoms with Crippen molar-refractivity contribution in [3.63, 3.8) is 0 Å². The molecular formula is C14H19ClN2O3. The maximum atomic E-state index is 12.7. The fourth-order valence-electron chi connectivity index (χ4n) is 2.90. The van der Waals surface area contributed by atoms with Crippen molar-refractivity contribution < 1.29 is 14.4 Å². The van der Waals surface area contributed by atoms with Crippen LogP contribution in [0.5, 0.6) is 0 Å². The van der Waals surface area contributed by atoms with Gasteiger partial charge in [-0.1, -0.05) is 6.08 Å². The van der Waals surface area contributed by atoms with Crippen LogP contribution in [0.25, 0.3) is 0 Å². The summed E-state index contributed by atoms with van der Waals surface area (Å²) >= 11 is 5.66. The zero-order chi connectivity index (χ0) is 14.9. The second kappa shape index (κ2) is 5.56. The van der Waals surface area contributed by atoms with Crippen molar-refractivity contribution in [2.45, 2.75) is 32.6 Å². The molecule has 0 bridgehead atoms. The predicted octanol–water partition coefficient (Wildman–Crippen LogP) is 2.15. The first-order valence-electron chi connectivity index (χ1n) is 6.84. The van der Waals surface area contributed by atoms with Crippen LogP contribution in [0.3, 0.4) is 0 Å². The largest absolute Gasteiger partial charge is 0.333 e. The summed E-state index contributed by atoms with van der Waals surface area (Å²) in [6, 6.07) is -0.588. The second-order valence-electron chi connectivity index (χ2n) is 5.39. The summed E-state index contributed by atoms with van der Waals surface area (Å²) in [6.45, 7) is 1.75. The molecule has 6 heteroatoms. The zero-order valence-electron chi connectivity index (χ0n) is 11.8. The van der Waals surface area contributed by atoms with Crippen molar-refractivity contribution in [1.29, 1.82) is 0 Å². The lowest BCUT2D eigenvalue weighted by molar-refractivity contribution is -0.153. The number of carbonyl (C=O) groups is 3. The second-order valence-corrected chi connectivity index (χ2v) is 5.77. The van der Waals surface area contributed by atoms with Gasteiger partial charge in [0, 0.05) is 19.5 Å². The van der Waals surface area contributed by atoms with Crippen LogP contribution < -0.4 is 0 Å². The molecule has 2 rings (SSSR count). The number of alkyl halides is 1. The van der Waals surface area contributed by atoms with E-state index in [0.29, 0.717) is 0 Å². The Morgan fingerprint density at radius 2 is 1.95 bits per heavy atom. The molecule has 1 aliphatic heterocycles. The average molecular weight is 299 g/mol. The maximum absolute atomic E-state index is 12.7. The molecule has 0 N–H and O–H groups in total. The third-order valence-electron chi connectivity index (χ3n) is 4.16. The highest BCUT2D eigenvalue weighted by Crippen LogP contribution is 2.40. The standard InChI is InChI=1S/C14H19ClN2O3/c1-14(10-6-4-3-5-7-10)11(18)16(2)13(20)17(9-8-15)12(14)19/h6H,3-5,7-9H2,1-2H3/t14-/m1/s1. The monoisotopic (exact) mass is 298 g/mol. The van der Waals surface area contributed by atoms with Gasteiger partial charge in [-0.25, -0.2) is 4.79 Å². The maximum Gasteiger partial charge on any atom is 0.333 e. The SMILES string of the molecule is CN1C(=O)N(CCCl)C(=O)[C@](C)(C2=CCCCC2)C1=O. The van der Waals surface area contributed by atoms with Gasteiger partial charge in [0.25, 0.3) is 0 Å². The topological polar surface area (TPSA) is 57.7 Å². The molecule has 0 aromatic rings. The number of urea groups is 1. The van der Waals surface area contributed by atoms with Gasteiger partial charge in [0.2, 0.25) is 11.8 Å². The minimum atomic E-state index is -1.25. The number of nitrogens with zero attached hydrogens (tertiary/aromatic N) is 2. The summed E-state index contributed by atoms with van der Waals surface area (Å²) in [5.41, 5.74) is -0.424. The van der Waals surface area contributed by atoms with Gasteiger partial charge in [-0.3, -0.25) is 19.4 Å². The van der Waals surface area contributed by atoms with E-state index in [1.807, 2.05) is 6.08 Å². The molecular weight excluding hydrogens is 280 g/mol. The van der Waals surface area contributed by atoms with Gasteiger partial charge in [-0.2, -0.15) is 0 Å². The average Bonchev–Trinajstić information content (AvgIpc) is 2.48. The summed E-state index contributed by atoms with van der Waals surface area (Å²) in [5.74, 6) is -0.722. The number of amides is 4. The van der Waals surface area contributed by atoms with Crippen molar-refractivity contribution in [3.8, 4) is 0 Å². The Bertz CT molecular complexity index is 489. The lowest BCUT2D eigenvalue weighted by Crippen LogP contribution is -2.64. The smallest absolute Gasteiger partial charge is 0.273 e. The van der Waals surface area contributed by atoms with Crippen LogP contribution in [0.4, 0.5) is 4.79 Å². The van der Waals surface area contributed by atoms with Gasteiger partial charge >= 0.3 is 6.03 Å². The molecule has 1 atom stereocenters. The molecule has 0 spiro atoms. The fraction of sp³-hybridized carbons (Fsp3) is 0.643. The van der Waals surface area contributed by atoms with Gasteiger partial charge in [0.15, 0.2) is 0 Å². The van der Waals surface area contributed by atoms with Gasteiger partial charge in [0.1, 0.15) is 5.41 Å². The Labute approximate surface area is 123 Å². The van der Waals surface area contributed by atoms with E-state index in [1.165, 1.54) is 7.05 Å². The number of barbiturate groups is 1. The number of carbonyl (C=O) groups excluding carboxylic acids is 3. The zero-order valence-corrected chi connectivity index (χ0v) is 12.6. The Kier molecular flexibility index (Phi) is 4.18. The van der Waals surface area contributed by atoms with Crippen molar-refractivity contribution in [1.82, 2.24) is 9.80 Å². The van der Waals surface area contributed by atoms with E-state index in [1.54, 1.807) is 6.92 Å². The minimum absolute atomic E-state index is 0.125. The van der Waals surface area contributed by atoms with E-state index < -0.39 is 23.3 Å². The molecule has 4 amide bonds. The Morgan fingerprint density at radius 1 is 1.25 bits per heavy atom. The van der Waals surface area contributed by atoms with Crippen molar-refractivity contribution >= 4 is 29.4 Å². The highest BCUT2D eigenvalue weighted by Gasteiger charge is 2.54. The molecule has 1 heterocycles. The predicted molar refractivity (Wildman–Crippen MR) is 75.3 cm³/mol. The van der Waals surface area contributed by atoms with E-state index in [2.05, 4.69) is 0 Å². The first kappa shape index (κ1) is 15.0. The Hall–Kier alpha value is -1.36. The van der Waals surface area contributed by atoms with Gasteiger partial charge in [-0.05, 0) is 38.2 Å². The van der Waals surface area contributed by atoms with Crippen molar-refractivity contribution in [2.24, 2.45) is 5.41 Å². The van der Waals surface area contributed by atoms with Crippen molar-refractivity contribution in [3.05, 3.63) is 11.6 Å². The third kappa shape index (κ3) is 2.14. The highest BCUT2D eigenvalue weighted by molar-refractivity contribution is 6.22. The van der Waals surface area contributed by atoms with Crippen LogP contribution in [0.15, 0.2) is 11.6 Å². The molecule has 1 saturated heterocycles. The quantitative estimate of drug-likeness (QED) is 0.456. The van der Waals surface area contributed by atoms with E-state index in [4.69, 9.17) is 11.6 Å². The highest BCUT2D eigenvalue weighted by atomic mass is 35.5. The molecule has 2 aliphatic rings. The number of halogens is 1. The van der Waals surface area contributed by atoms with Gasteiger partial charge in [-0.15, -0.1) is 11.6 Å². The van der Waals surface area contributed by atoms with Crippen LogP contribution in [-0.4, -0.2) is 47.1 Å². The van der Waals surface area contributed by atoms with Gasteiger partial charge in [0.05, 0.1) is 0 Å². The molecule has 5 nitrogen and oxygen atoms in total. The molecule has 0 unspecified atom stereocenters. The van der Waals surface area contributed by atoms with E-state index in [0.717, 1.165) is 41.1 Å². The minimum Gasteiger partial charge on any atom is -0.273 e. The van der Waals surface area contributed by atoms with E-state index in [9.17, 15) is 14.4 Å². The van der Waals surface area contributed by atoms with Gasteiger partial charge < -0.3 is 0 Å². The van der Waals surface area contributed by atoms with Crippen LogP contribution in [0, 0.1) is 5.41 Å². The molecule has 110 valence electrons. The first-order valence-corrected chi connectivity index (χ1v) is 7.37. The molecule has 1 fully saturated rings. The first-order chi connectivity index (χ1) is 9.44. The third-order valence-corrected chi connectivity index (χ3v) is 4.33. The lowest BCUT2D eigenvalue weighted by Gasteiger charge is -2.42. The Morgan fingerprint density at radius 3 is 2.50 bits per heavy atom. The summed E-state index contributed by atoms with van der Waals surface area (Å²) in [5, 5.41) is 0. The van der Waals surface area contributed by atoms with E-state index in [-0.39, 0.29) is 12.4 Å². The number of hydrogen-bond donors (Lipinski definition) is 0. The lowest BCUT2D eigenvalue weighted by atomic mass is 9.74. The normalized spacial score (nSPS) is 27.9. The number of allylic oxidation sites excluding steroid dienone is 1. The molecule has 0 saturated carbocycles. The van der Waals surface area contributed by atoms with Crippen LogP contribution in [-0.2, 0) is 9.59 Å².